The second kappa shape index (κ2) is 6.19. The van der Waals surface area contributed by atoms with E-state index in [1.165, 1.54) is 0 Å². The van der Waals surface area contributed by atoms with Gasteiger partial charge in [0.25, 0.3) is 0 Å². The normalized spacial score (nSPS) is 20.3. The maximum Gasteiger partial charge on any atom is 0.309 e. The van der Waals surface area contributed by atoms with Gasteiger partial charge in [0.05, 0.1) is 0 Å². The summed E-state index contributed by atoms with van der Waals surface area (Å²) in [6, 6.07) is 9.49. The molecule has 1 aliphatic heterocycles. The van der Waals surface area contributed by atoms with Crippen molar-refractivity contribution in [1.82, 2.24) is 10.2 Å². The molecule has 1 saturated heterocycles. The van der Waals surface area contributed by atoms with Gasteiger partial charge in [-0.05, 0) is 24.8 Å². The molecule has 2 amide bonds. The van der Waals surface area contributed by atoms with E-state index in [2.05, 4.69) is 5.32 Å². The molecule has 18 heavy (non-hydrogen) atoms. The number of hydrogen-bond acceptors (Lipinski definition) is 2. The van der Waals surface area contributed by atoms with Gasteiger partial charge in [0, 0.05) is 13.1 Å². The van der Waals surface area contributed by atoms with E-state index in [4.69, 9.17) is 0 Å². The first-order valence-corrected chi connectivity index (χ1v) is 6.26. The summed E-state index contributed by atoms with van der Waals surface area (Å²) in [6.45, 7) is 1.36. The second-order valence-electron chi connectivity index (χ2n) is 4.54. The first kappa shape index (κ1) is 12.6. The quantitative estimate of drug-likeness (QED) is 0.811. The molecule has 1 atom stereocenters. The average molecular weight is 245 g/mol. The lowest BCUT2D eigenvalue weighted by Gasteiger charge is -2.23. The predicted molar refractivity (Wildman–Crippen MR) is 68.3 cm³/mol. The number of carbonyl (C=O) groups excluding carboxylic acids is 2. The summed E-state index contributed by atoms with van der Waals surface area (Å²) < 4.78 is 0. The first-order chi connectivity index (χ1) is 8.81. The molecule has 1 aliphatic rings. The third-order valence-electron chi connectivity index (χ3n) is 3.23. The van der Waals surface area contributed by atoms with E-state index in [9.17, 15) is 9.59 Å². The summed E-state index contributed by atoms with van der Waals surface area (Å²) >= 11 is 0. The molecule has 4 heteroatoms. The molecular weight excluding hydrogens is 228 g/mol. The molecule has 1 heterocycles. The Morgan fingerprint density at radius 3 is 2.78 bits per heavy atom. The Hall–Kier alpha value is -1.84. The molecule has 0 saturated carbocycles. The third kappa shape index (κ3) is 3.09. The monoisotopic (exact) mass is 245 g/mol. The SMILES string of the molecule is O=[C]N[C@H]1CCCCN(Cc2ccccc2)C1=O. The molecule has 0 bridgehead atoms. The Balaban J connectivity index is 2.06. The zero-order valence-corrected chi connectivity index (χ0v) is 10.3. The molecule has 0 aliphatic carbocycles. The summed E-state index contributed by atoms with van der Waals surface area (Å²) in [6.07, 6.45) is 4.28. The lowest BCUT2D eigenvalue weighted by atomic mass is 10.1. The maximum absolute atomic E-state index is 12.2. The minimum absolute atomic E-state index is 0.000275. The lowest BCUT2D eigenvalue weighted by Crippen LogP contribution is -2.44. The van der Waals surface area contributed by atoms with E-state index in [-0.39, 0.29) is 5.91 Å². The van der Waals surface area contributed by atoms with Gasteiger partial charge < -0.3 is 10.2 Å². The Bertz CT molecular complexity index is 406. The zero-order valence-electron chi connectivity index (χ0n) is 10.3. The summed E-state index contributed by atoms with van der Waals surface area (Å²) in [4.78, 5) is 24.4. The van der Waals surface area contributed by atoms with E-state index < -0.39 is 6.04 Å². The Morgan fingerprint density at radius 1 is 1.28 bits per heavy atom. The van der Waals surface area contributed by atoms with E-state index >= 15 is 0 Å². The van der Waals surface area contributed by atoms with E-state index in [0.717, 1.165) is 24.9 Å². The van der Waals surface area contributed by atoms with Crippen LogP contribution < -0.4 is 5.32 Å². The highest BCUT2D eigenvalue weighted by Gasteiger charge is 2.26. The molecule has 1 aromatic carbocycles. The fourth-order valence-electron chi connectivity index (χ4n) is 2.27. The van der Waals surface area contributed by atoms with Gasteiger partial charge in [-0.15, -0.1) is 0 Å². The molecule has 0 unspecified atom stereocenters. The van der Waals surface area contributed by atoms with Crippen molar-refractivity contribution < 1.29 is 9.59 Å². The Labute approximate surface area is 107 Å². The van der Waals surface area contributed by atoms with Gasteiger partial charge in [-0.2, -0.15) is 0 Å². The van der Waals surface area contributed by atoms with Crippen molar-refractivity contribution in [2.75, 3.05) is 6.54 Å². The standard InChI is InChI=1S/C14H17N2O2/c17-11-15-13-8-4-5-9-16(14(13)18)10-12-6-2-1-3-7-12/h1-3,6-7,13H,4-5,8-10H2,(H,15,17)/t13-/m0/s1. The van der Waals surface area contributed by atoms with Crippen molar-refractivity contribution in [3.8, 4) is 0 Å². The van der Waals surface area contributed by atoms with Crippen LogP contribution in [0.2, 0.25) is 0 Å². The van der Waals surface area contributed by atoms with Gasteiger partial charge in [-0.25, -0.2) is 0 Å². The van der Waals surface area contributed by atoms with Crippen molar-refractivity contribution in [3.63, 3.8) is 0 Å². The Morgan fingerprint density at radius 2 is 2.06 bits per heavy atom. The summed E-state index contributed by atoms with van der Waals surface area (Å²) in [5.41, 5.74) is 1.11. The van der Waals surface area contributed by atoms with Gasteiger partial charge in [0.1, 0.15) is 6.04 Å². The van der Waals surface area contributed by atoms with Crippen LogP contribution in [-0.4, -0.2) is 29.8 Å². The molecule has 0 aromatic heterocycles. The van der Waals surface area contributed by atoms with Crippen molar-refractivity contribution in [2.24, 2.45) is 0 Å². The van der Waals surface area contributed by atoms with Gasteiger partial charge >= 0.3 is 6.41 Å². The average Bonchev–Trinajstić information content (AvgIpc) is 2.56. The number of nitrogens with zero attached hydrogens (tertiary/aromatic N) is 1. The molecule has 1 N–H and O–H groups in total. The van der Waals surface area contributed by atoms with Crippen molar-refractivity contribution >= 4 is 12.3 Å². The third-order valence-corrected chi connectivity index (χ3v) is 3.23. The summed E-state index contributed by atoms with van der Waals surface area (Å²) in [7, 11) is 0. The van der Waals surface area contributed by atoms with Crippen LogP contribution in [0.4, 0.5) is 0 Å². The van der Waals surface area contributed by atoms with Crippen molar-refractivity contribution in [3.05, 3.63) is 35.9 Å². The number of nitrogens with one attached hydrogen (secondary N) is 1. The van der Waals surface area contributed by atoms with Crippen LogP contribution in [0.15, 0.2) is 30.3 Å². The molecule has 4 nitrogen and oxygen atoms in total. The topological polar surface area (TPSA) is 49.4 Å². The minimum atomic E-state index is -0.409. The number of carbonyl (C=O) groups is 1. The van der Waals surface area contributed by atoms with Crippen LogP contribution in [0.25, 0.3) is 0 Å². The second-order valence-corrected chi connectivity index (χ2v) is 4.54. The van der Waals surface area contributed by atoms with Gasteiger partial charge in [0.2, 0.25) is 5.91 Å². The number of hydrogen-bond donors (Lipinski definition) is 1. The molecule has 95 valence electrons. The number of rotatable bonds is 4. The van der Waals surface area contributed by atoms with Crippen molar-refractivity contribution in [1.29, 1.82) is 0 Å². The molecule has 2 rings (SSSR count). The highest BCUT2D eigenvalue weighted by atomic mass is 16.2. The van der Waals surface area contributed by atoms with Gasteiger partial charge in [-0.3, -0.25) is 9.59 Å². The fraction of sp³-hybridized carbons (Fsp3) is 0.429. The molecule has 0 spiro atoms. The minimum Gasteiger partial charge on any atom is -0.337 e. The van der Waals surface area contributed by atoms with E-state index in [1.807, 2.05) is 35.2 Å². The highest BCUT2D eigenvalue weighted by Crippen LogP contribution is 2.15. The van der Waals surface area contributed by atoms with Crippen LogP contribution in [0.1, 0.15) is 24.8 Å². The smallest absolute Gasteiger partial charge is 0.309 e. The van der Waals surface area contributed by atoms with Crippen LogP contribution in [-0.2, 0) is 16.1 Å². The number of amides is 2. The summed E-state index contributed by atoms with van der Waals surface area (Å²) in [5.74, 6) is -0.000275. The van der Waals surface area contributed by atoms with Crippen LogP contribution >= 0.6 is 0 Å². The lowest BCUT2D eigenvalue weighted by molar-refractivity contribution is -0.133. The number of benzene rings is 1. The zero-order chi connectivity index (χ0) is 12.8. The maximum atomic E-state index is 12.2. The van der Waals surface area contributed by atoms with E-state index in [1.54, 1.807) is 6.41 Å². The fourth-order valence-corrected chi connectivity index (χ4v) is 2.27. The Kier molecular flexibility index (Phi) is 4.34. The molecular formula is C14H17N2O2. The summed E-state index contributed by atoms with van der Waals surface area (Å²) in [5, 5.41) is 2.49. The molecule has 1 radical (unpaired) electrons. The predicted octanol–water partition coefficient (Wildman–Crippen LogP) is 1.22. The van der Waals surface area contributed by atoms with Crippen LogP contribution in [0.3, 0.4) is 0 Å². The van der Waals surface area contributed by atoms with Crippen LogP contribution in [0, 0.1) is 0 Å². The largest absolute Gasteiger partial charge is 0.337 e. The highest BCUT2D eigenvalue weighted by molar-refractivity contribution is 5.84. The molecule has 1 fully saturated rings. The number of likely N-dealkylation sites (tertiary alicyclic amines) is 1. The van der Waals surface area contributed by atoms with Crippen LogP contribution in [0.5, 0.6) is 0 Å². The molecule has 1 aromatic rings. The first-order valence-electron chi connectivity index (χ1n) is 6.26. The van der Waals surface area contributed by atoms with Gasteiger partial charge in [0.15, 0.2) is 0 Å². The van der Waals surface area contributed by atoms with Gasteiger partial charge in [-0.1, -0.05) is 30.3 Å². The van der Waals surface area contributed by atoms with Crippen molar-refractivity contribution in [2.45, 2.75) is 31.8 Å². The van der Waals surface area contributed by atoms with E-state index in [0.29, 0.717) is 13.0 Å².